The summed E-state index contributed by atoms with van der Waals surface area (Å²) in [5.41, 5.74) is 0.708. The Kier molecular flexibility index (Phi) is 4.15. The number of nitrogens with zero attached hydrogens (tertiary/aromatic N) is 1. The SMILES string of the molecule is NOC1CCN(C(=O)c2ccccc2Br)CC1. The summed E-state index contributed by atoms with van der Waals surface area (Å²) in [6.07, 6.45) is 1.68. The number of hydrogen-bond donors (Lipinski definition) is 1. The molecule has 0 aromatic heterocycles. The van der Waals surface area contributed by atoms with Crippen LogP contribution in [0.15, 0.2) is 28.7 Å². The molecule has 0 radical (unpaired) electrons. The summed E-state index contributed by atoms with van der Waals surface area (Å²) in [7, 11) is 0. The highest BCUT2D eigenvalue weighted by atomic mass is 79.9. The van der Waals surface area contributed by atoms with Crippen molar-refractivity contribution in [3.05, 3.63) is 34.3 Å². The number of amides is 1. The van der Waals surface area contributed by atoms with Crippen molar-refractivity contribution in [2.24, 2.45) is 5.90 Å². The lowest BCUT2D eigenvalue weighted by Crippen LogP contribution is -2.41. The summed E-state index contributed by atoms with van der Waals surface area (Å²) < 4.78 is 0.835. The molecule has 0 atom stereocenters. The molecule has 17 heavy (non-hydrogen) atoms. The lowest BCUT2D eigenvalue weighted by Gasteiger charge is -2.31. The first-order chi connectivity index (χ1) is 8.22. The van der Waals surface area contributed by atoms with Crippen LogP contribution in [0.3, 0.4) is 0 Å². The molecule has 1 aliphatic rings. The molecule has 0 saturated carbocycles. The summed E-state index contributed by atoms with van der Waals surface area (Å²) >= 11 is 3.40. The summed E-state index contributed by atoms with van der Waals surface area (Å²) in [4.78, 5) is 18.9. The number of piperidine rings is 1. The third-order valence-corrected chi connectivity index (χ3v) is 3.72. The van der Waals surface area contributed by atoms with Gasteiger partial charge in [0.2, 0.25) is 0 Å². The largest absolute Gasteiger partial charge is 0.338 e. The molecule has 4 nitrogen and oxygen atoms in total. The molecule has 1 heterocycles. The monoisotopic (exact) mass is 298 g/mol. The number of rotatable bonds is 2. The van der Waals surface area contributed by atoms with E-state index in [0.717, 1.165) is 17.3 Å². The van der Waals surface area contributed by atoms with Crippen molar-refractivity contribution < 1.29 is 9.63 Å². The minimum atomic E-state index is 0.0629. The summed E-state index contributed by atoms with van der Waals surface area (Å²) in [6, 6.07) is 7.48. The van der Waals surface area contributed by atoms with Gasteiger partial charge in [0, 0.05) is 17.6 Å². The number of hydrogen-bond acceptors (Lipinski definition) is 3. The van der Waals surface area contributed by atoms with Gasteiger partial charge in [-0.15, -0.1) is 0 Å². The highest BCUT2D eigenvalue weighted by Crippen LogP contribution is 2.20. The van der Waals surface area contributed by atoms with E-state index in [1.54, 1.807) is 0 Å². The molecule has 2 N–H and O–H groups in total. The lowest BCUT2D eigenvalue weighted by molar-refractivity contribution is 0.00779. The molecule has 0 aliphatic carbocycles. The maximum atomic E-state index is 12.2. The second-order valence-corrected chi connectivity index (χ2v) is 4.96. The Bertz CT molecular complexity index is 403. The Morgan fingerprint density at radius 3 is 2.59 bits per heavy atom. The van der Waals surface area contributed by atoms with Crippen molar-refractivity contribution >= 4 is 21.8 Å². The number of likely N-dealkylation sites (tertiary alicyclic amines) is 1. The van der Waals surface area contributed by atoms with Crippen LogP contribution in [-0.2, 0) is 4.84 Å². The molecule has 5 heteroatoms. The van der Waals surface area contributed by atoms with Gasteiger partial charge >= 0.3 is 0 Å². The fraction of sp³-hybridized carbons (Fsp3) is 0.417. The molecule has 1 fully saturated rings. The molecule has 1 amide bonds. The van der Waals surface area contributed by atoms with Gasteiger partial charge in [-0.05, 0) is 40.9 Å². The average molecular weight is 299 g/mol. The summed E-state index contributed by atoms with van der Waals surface area (Å²) in [6.45, 7) is 1.39. The van der Waals surface area contributed by atoms with Crippen molar-refractivity contribution in [2.75, 3.05) is 13.1 Å². The van der Waals surface area contributed by atoms with E-state index in [-0.39, 0.29) is 12.0 Å². The third kappa shape index (κ3) is 2.86. The Labute approximate surface area is 109 Å². The van der Waals surface area contributed by atoms with Gasteiger partial charge < -0.3 is 9.74 Å². The van der Waals surface area contributed by atoms with Crippen molar-refractivity contribution in [3.63, 3.8) is 0 Å². The van der Waals surface area contributed by atoms with E-state index in [2.05, 4.69) is 15.9 Å². The van der Waals surface area contributed by atoms with Gasteiger partial charge in [-0.1, -0.05) is 12.1 Å². The van der Waals surface area contributed by atoms with Crippen LogP contribution in [0.25, 0.3) is 0 Å². The van der Waals surface area contributed by atoms with Crippen LogP contribution in [0.1, 0.15) is 23.2 Å². The minimum absolute atomic E-state index is 0.0629. The molecule has 2 rings (SSSR count). The smallest absolute Gasteiger partial charge is 0.255 e. The van der Waals surface area contributed by atoms with Crippen LogP contribution in [-0.4, -0.2) is 30.0 Å². The molecule has 0 bridgehead atoms. The molecular weight excluding hydrogens is 284 g/mol. The van der Waals surface area contributed by atoms with Crippen LogP contribution in [0.5, 0.6) is 0 Å². The van der Waals surface area contributed by atoms with Gasteiger partial charge in [-0.25, -0.2) is 5.90 Å². The molecular formula is C12H15BrN2O2. The maximum absolute atomic E-state index is 12.2. The number of nitrogens with two attached hydrogens (primary N) is 1. The van der Waals surface area contributed by atoms with Gasteiger partial charge in [0.05, 0.1) is 11.7 Å². The second-order valence-electron chi connectivity index (χ2n) is 4.11. The Balaban J connectivity index is 2.04. The molecule has 1 saturated heterocycles. The molecule has 1 aromatic rings. The van der Waals surface area contributed by atoms with Crippen LogP contribution >= 0.6 is 15.9 Å². The van der Waals surface area contributed by atoms with Gasteiger partial charge in [0.1, 0.15) is 0 Å². The zero-order valence-corrected chi connectivity index (χ0v) is 11.0. The first kappa shape index (κ1) is 12.5. The Morgan fingerprint density at radius 2 is 2.00 bits per heavy atom. The number of benzene rings is 1. The summed E-state index contributed by atoms with van der Waals surface area (Å²) in [5.74, 6) is 5.21. The van der Waals surface area contributed by atoms with E-state index in [4.69, 9.17) is 10.7 Å². The number of carbonyl (C=O) groups is 1. The topological polar surface area (TPSA) is 55.6 Å². The van der Waals surface area contributed by atoms with Gasteiger partial charge in [0.15, 0.2) is 0 Å². The normalized spacial score (nSPS) is 17.2. The maximum Gasteiger partial charge on any atom is 0.255 e. The predicted molar refractivity (Wildman–Crippen MR) is 68.3 cm³/mol. The fourth-order valence-corrected chi connectivity index (χ4v) is 2.45. The lowest BCUT2D eigenvalue weighted by atomic mass is 10.1. The molecule has 1 aliphatic heterocycles. The van der Waals surface area contributed by atoms with Crippen molar-refractivity contribution in [3.8, 4) is 0 Å². The van der Waals surface area contributed by atoms with Gasteiger partial charge in [0.25, 0.3) is 5.91 Å². The van der Waals surface area contributed by atoms with Crippen LogP contribution < -0.4 is 5.90 Å². The number of carbonyl (C=O) groups excluding carboxylic acids is 1. The molecule has 0 unspecified atom stereocenters. The Morgan fingerprint density at radius 1 is 1.35 bits per heavy atom. The first-order valence-electron chi connectivity index (χ1n) is 5.61. The quantitative estimate of drug-likeness (QED) is 0.849. The number of halogens is 1. The van der Waals surface area contributed by atoms with E-state index in [1.807, 2.05) is 29.2 Å². The van der Waals surface area contributed by atoms with Gasteiger partial charge in [-0.2, -0.15) is 0 Å². The minimum Gasteiger partial charge on any atom is -0.338 e. The highest BCUT2D eigenvalue weighted by Gasteiger charge is 2.24. The molecule has 1 aromatic carbocycles. The molecule has 0 spiro atoms. The van der Waals surface area contributed by atoms with E-state index in [0.29, 0.717) is 18.7 Å². The standard InChI is InChI=1S/C12H15BrN2O2/c13-11-4-2-1-3-10(11)12(16)15-7-5-9(17-14)6-8-15/h1-4,9H,5-8,14H2. The highest BCUT2D eigenvalue weighted by molar-refractivity contribution is 9.10. The Hall–Kier alpha value is -0.910. The predicted octanol–water partition coefficient (Wildman–Crippen LogP) is 1.94. The van der Waals surface area contributed by atoms with Crippen molar-refractivity contribution in [1.29, 1.82) is 0 Å². The van der Waals surface area contributed by atoms with E-state index in [1.165, 1.54) is 0 Å². The zero-order valence-electron chi connectivity index (χ0n) is 9.43. The third-order valence-electron chi connectivity index (χ3n) is 3.03. The zero-order chi connectivity index (χ0) is 12.3. The first-order valence-corrected chi connectivity index (χ1v) is 6.41. The van der Waals surface area contributed by atoms with E-state index in [9.17, 15) is 4.79 Å². The van der Waals surface area contributed by atoms with Crippen molar-refractivity contribution in [1.82, 2.24) is 4.90 Å². The average Bonchev–Trinajstić information content (AvgIpc) is 2.39. The van der Waals surface area contributed by atoms with Gasteiger partial charge in [-0.3, -0.25) is 4.79 Å². The van der Waals surface area contributed by atoms with Crippen LogP contribution in [0.4, 0.5) is 0 Å². The van der Waals surface area contributed by atoms with Crippen LogP contribution in [0.2, 0.25) is 0 Å². The second kappa shape index (κ2) is 5.62. The van der Waals surface area contributed by atoms with Crippen LogP contribution in [0, 0.1) is 0 Å². The summed E-state index contributed by atoms with van der Waals surface area (Å²) in [5, 5.41) is 0. The molecule has 92 valence electrons. The van der Waals surface area contributed by atoms with E-state index < -0.39 is 0 Å². The van der Waals surface area contributed by atoms with Crippen molar-refractivity contribution in [2.45, 2.75) is 18.9 Å². The fourth-order valence-electron chi connectivity index (χ4n) is 2.00. The van der Waals surface area contributed by atoms with E-state index >= 15 is 0 Å².